The van der Waals surface area contributed by atoms with Gasteiger partial charge in [-0.1, -0.05) is 0 Å². The third-order valence-corrected chi connectivity index (χ3v) is 5.33. The molecule has 0 radical (unpaired) electrons. The minimum Gasteiger partial charge on any atom is -0.507 e. The van der Waals surface area contributed by atoms with E-state index in [0.29, 0.717) is 5.82 Å². The number of aromatic nitrogens is 4. The molecule has 0 bridgehead atoms. The number of hydrogen-bond donors (Lipinski definition) is 1. The van der Waals surface area contributed by atoms with Gasteiger partial charge in [-0.05, 0) is 37.6 Å². The van der Waals surface area contributed by atoms with Crippen molar-refractivity contribution < 1.29 is 14.3 Å². The molecule has 0 atom stereocenters. The summed E-state index contributed by atoms with van der Waals surface area (Å²) in [6, 6.07) is 3.25. The van der Waals surface area contributed by atoms with Crippen LogP contribution in [0.3, 0.4) is 0 Å². The number of aryl methyl sites for hydroxylation is 2. The highest BCUT2D eigenvalue weighted by molar-refractivity contribution is 7.18. The van der Waals surface area contributed by atoms with E-state index in [0.717, 1.165) is 38.9 Å². The molecule has 0 spiro atoms. The molecule has 0 unspecified atom stereocenters. The van der Waals surface area contributed by atoms with Crippen LogP contribution in [0, 0.1) is 19.7 Å². The van der Waals surface area contributed by atoms with Gasteiger partial charge in [-0.25, -0.2) is 19.0 Å². The molecule has 0 aliphatic heterocycles. The number of fused-ring (bicyclic) bond motifs is 1. The molecule has 3 heterocycles. The second kappa shape index (κ2) is 5.99. The maximum absolute atomic E-state index is 13.4. The first-order valence-corrected chi connectivity index (χ1v) is 8.56. The third-order valence-electron chi connectivity index (χ3n) is 4.21. The van der Waals surface area contributed by atoms with Gasteiger partial charge in [0, 0.05) is 11.1 Å². The molecule has 3 aromatic heterocycles. The number of hydrogen-bond acceptors (Lipinski definition) is 6. The van der Waals surface area contributed by atoms with Gasteiger partial charge in [0.1, 0.15) is 22.7 Å². The Bertz CT molecular complexity index is 1170. The van der Waals surface area contributed by atoms with Crippen LogP contribution in [0.25, 0.3) is 16.0 Å². The van der Waals surface area contributed by atoms with Gasteiger partial charge >= 0.3 is 0 Å². The molecule has 6 nitrogen and oxygen atoms in total. The number of carbonyl (C=O) groups excluding carboxylic acids is 1. The first kappa shape index (κ1) is 16.3. The Kier molecular flexibility index (Phi) is 3.77. The number of nitrogens with zero attached hydrogens (tertiary/aromatic N) is 4. The predicted octanol–water partition coefficient (Wildman–Crippen LogP) is 3.57. The van der Waals surface area contributed by atoms with Crippen LogP contribution >= 0.6 is 11.3 Å². The van der Waals surface area contributed by atoms with E-state index in [1.54, 1.807) is 11.3 Å². The molecule has 4 rings (SSSR count). The topological polar surface area (TPSA) is 80.9 Å². The predicted molar refractivity (Wildman–Crippen MR) is 95.5 cm³/mol. The van der Waals surface area contributed by atoms with Crippen molar-refractivity contribution >= 4 is 27.3 Å². The van der Waals surface area contributed by atoms with E-state index in [2.05, 4.69) is 15.1 Å². The van der Waals surface area contributed by atoms with Crippen molar-refractivity contribution in [1.82, 2.24) is 19.7 Å². The van der Waals surface area contributed by atoms with Gasteiger partial charge in [0.15, 0.2) is 11.6 Å². The molecule has 4 aromatic rings. The summed E-state index contributed by atoms with van der Waals surface area (Å²) in [5, 5.41) is 14.9. The van der Waals surface area contributed by atoms with Gasteiger partial charge in [-0.3, -0.25) is 4.79 Å². The van der Waals surface area contributed by atoms with Crippen LogP contribution in [0.5, 0.6) is 5.75 Å². The number of ketones is 1. The molecular formula is C18H13FN4O2S. The zero-order valence-electron chi connectivity index (χ0n) is 13.9. The molecule has 0 aliphatic rings. The Morgan fingerprint density at radius 1 is 1.27 bits per heavy atom. The van der Waals surface area contributed by atoms with Crippen molar-refractivity contribution in [2.24, 2.45) is 0 Å². The van der Waals surface area contributed by atoms with Crippen LogP contribution in [-0.4, -0.2) is 30.6 Å². The van der Waals surface area contributed by atoms with Crippen molar-refractivity contribution in [1.29, 1.82) is 0 Å². The maximum Gasteiger partial charge on any atom is 0.200 e. The van der Waals surface area contributed by atoms with E-state index in [1.807, 2.05) is 13.8 Å². The molecule has 1 N–H and O–H groups in total. The summed E-state index contributed by atoms with van der Waals surface area (Å²) in [6.07, 6.45) is 4.34. The van der Waals surface area contributed by atoms with Crippen molar-refractivity contribution in [2.45, 2.75) is 13.8 Å². The molecule has 0 saturated heterocycles. The number of phenolic OH excluding ortho intramolecular Hbond substituents is 1. The second-order valence-electron chi connectivity index (χ2n) is 5.82. The standard InChI is InChI=1S/C18H13FN4O2S/c1-9-10(2)26-18-15(9)17(20-8-21-18)23-7-11(6-22-23)16(25)13-5-12(19)3-4-14(13)24/h3-8,24H,1-2H3. The van der Waals surface area contributed by atoms with E-state index in [-0.39, 0.29) is 16.9 Å². The molecule has 0 aliphatic carbocycles. The fourth-order valence-corrected chi connectivity index (χ4v) is 3.73. The zero-order valence-corrected chi connectivity index (χ0v) is 14.7. The first-order chi connectivity index (χ1) is 12.5. The van der Waals surface area contributed by atoms with Gasteiger partial charge in [-0.2, -0.15) is 5.10 Å². The fourth-order valence-electron chi connectivity index (χ4n) is 2.74. The highest BCUT2D eigenvalue weighted by Crippen LogP contribution is 2.31. The van der Waals surface area contributed by atoms with Crippen molar-refractivity contribution in [3.8, 4) is 11.6 Å². The smallest absolute Gasteiger partial charge is 0.200 e. The normalized spacial score (nSPS) is 11.2. The monoisotopic (exact) mass is 368 g/mol. The lowest BCUT2D eigenvalue weighted by molar-refractivity contribution is 0.103. The summed E-state index contributed by atoms with van der Waals surface area (Å²) >= 11 is 1.57. The van der Waals surface area contributed by atoms with Crippen LogP contribution in [0.1, 0.15) is 26.4 Å². The number of benzene rings is 1. The quantitative estimate of drug-likeness (QED) is 0.559. The van der Waals surface area contributed by atoms with Crippen molar-refractivity contribution in [3.63, 3.8) is 0 Å². The van der Waals surface area contributed by atoms with Gasteiger partial charge < -0.3 is 5.11 Å². The van der Waals surface area contributed by atoms with Crippen LogP contribution in [0.2, 0.25) is 0 Å². The summed E-state index contributed by atoms with van der Waals surface area (Å²) in [6.45, 7) is 4.00. The molecule has 1 aromatic carbocycles. The van der Waals surface area contributed by atoms with Crippen molar-refractivity contribution in [3.05, 3.63) is 64.3 Å². The Balaban J connectivity index is 1.80. The van der Waals surface area contributed by atoms with Gasteiger partial charge in [0.05, 0.1) is 22.7 Å². The Morgan fingerprint density at radius 3 is 2.88 bits per heavy atom. The number of thiophene rings is 1. The van der Waals surface area contributed by atoms with Crippen LogP contribution in [-0.2, 0) is 0 Å². The number of aromatic hydroxyl groups is 1. The van der Waals surface area contributed by atoms with Crippen LogP contribution < -0.4 is 0 Å². The van der Waals surface area contributed by atoms with E-state index in [1.165, 1.54) is 23.4 Å². The highest BCUT2D eigenvalue weighted by Gasteiger charge is 2.19. The minimum atomic E-state index is -0.597. The molecule has 8 heteroatoms. The third kappa shape index (κ3) is 2.55. The van der Waals surface area contributed by atoms with Crippen LogP contribution in [0.4, 0.5) is 4.39 Å². The summed E-state index contributed by atoms with van der Waals surface area (Å²) in [7, 11) is 0. The summed E-state index contributed by atoms with van der Waals surface area (Å²) in [4.78, 5) is 23.2. The Morgan fingerprint density at radius 2 is 2.08 bits per heavy atom. The maximum atomic E-state index is 13.4. The van der Waals surface area contributed by atoms with Crippen molar-refractivity contribution in [2.75, 3.05) is 0 Å². The molecule has 0 saturated carbocycles. The summed E-state index contributed by atoms with van der Waals surface area (Å²) in [5.74, 6) is -0.825. The van der Waals surface area contributed by atoms with E-state index in [9.17, 15) is 14.3 Å². The summed E-state index contributed by atoms with van der Waals surface area (Å²) in [5.41, 5.74) is 1.17. The molecule has 26 heavy (non-hydrogen) atoms. The lowest BCUT2D eigenvalue weighted by atomic mass is 10.1. The average Bonchev–Trinajstić information content (AvgIpc) is 3.22. The number of rotatable bonds is 3. The average molecular weight is 368 g/mol. The van der Waals surface area contributed by atoms with Gasteiger partial charge in [-0.15, -0.1) is 11.3 Å². The largest absolute Gasteiger partial charge is 0.507 e. The Labute approximate surface area is 151 Å². The van der Waals surface area contributed by atoms with E-state index >= 15 is 0 Å². The minimum absolute atomic E-state index is 0.111. The van der Waals surface area contributed by atoms with Gasteiger partial charge in [0.2, 0.25) is 0 Å². The molecular weight excluding hydrogens is 355 g/mol. The highest BCUT2D eigenvalue weighted by atomic mass is 32.1. The van der Waals surface area contributed by atoms with Gasteiger partial charge in [0.25, 0.3) is 0 Å². The van der Waals surface area contributed by atoms with E-state index in [4.69, 9.17) is 0 Å². The fraction of sp³-hybridized carbons (Fsp3) is 0.111. The van der Waals surface area contributed by atoms with Crippen LogP contribution in [0.15, 0.2) is 36.9 Å². The molecule has 0 amide bonds. The number of halogens is 1. The van der Waals surface area contributed by atoms with E-state index < -0.39 is 11.6 Å². The SMILES string of the molecule is Cc1sc2ncnc(-n3cc(C(=O)c4cc(F)ccc4O)cn3)c2c1C. The summed E-state index contributed by atoms with van der Waals surface area (Å²) < 4.78 is 14.9. The molecule has 130 valence electrons. The molecule has 0 fully saturated rings. The lowest BCUT2D eigenvalue weighted by Gasteiger charge is -2.03. The first-order valence-electron chi connectivity index (χ1n) is 7.74. The lowest BCUT2D eigenvalue weighted by Crippen LogP contribution is -2.02. The number of carbonyl (C=O) groups is 1. The zero-order chi connectivity index (χ0) is 18.4. The number of phenols is 1. The Hall–Kier alpha value is -3.13. The second-order valence-corrected chi connectivity index (χ2v) is 7.03.